The molecule has 4 heteroatoms. The van der Waals surface area contributed by atoms with Gasteiger partial charge in [-0.05, 0) is 70.5 Å². The third-order valence-corrected chi connectivity index (χ3v) is 6.83. The van der Waals surface area contributed by atoms with Crippen molar-refractivity contribution in [1.29, 1.82) is 0 Å². The van der Waals surface area contributed by atoms with Crippen LogP contribution in [0, 0.1) is 0 Å². The van der Waals surface area contributed by atoms with Gasteiger partial charge in [0.1, 0.15) is 0 Å². The number of esters is 2. The zero-order valence-electron chi connectivity index (χ0n) is 20.0. The third kappa shape index (κ3) is 3.79. The third-order valence-electron chi connectivity index (χ3n) is 6.83. The van der Waals surface area contributed by atoms with Gasteiger partial charge in [-0.15, -0.1) is 0 Å². The molecule has 0 spiro atoms. The van der Waals surface area contributed by atoms with Gasteiger partial charge in [0.05, 0.1) is 13.2 Å². The minimum Gasteiger partial charge on any atom is -0.465 e. The summed E-state index contributed by atoms with van der Waals surface area (Å²) in [6, 6.07) is 28.4. The highest BCUT2D eigenvalue weighted by molar-refractivity contribution is 6.11. The van der Waals surface area contributed by atoms with Crippen molar-refractivity contribution >= 4 is 22.7 Å². The second kappa shape index (κ2) is 9.38. The Morgan fingerprint density at radius 2 is 1.43 bits per heavy atom. The molecule has 0 N–H and O–H groups in total. The SMILES string of the molecule is CCOC(=O)C1(C(=O)OCC)Cc2ccccc2-c2c1cc1ccccc1c2Cc1ccccc1. The zero-order chi connectivity index (χ0) is 24.4. The van der Waals surface area contributed by atoms with Crippen LogP contribution < -0.4 is 0 Å². The average Bonchev–Trinajstić information content (AvgIpc) is 2.88. The summed E-state index contributed by atoms with van der Waals surface area (Å²) in [6.45, 7) is 3.88. The summed E-state index contributed by atoms with van der Waals surface area (Å²) in [5, 5.41) is 2.09. The molecule has 1 aliphatic rings. The number of benzene rings is 4. The number of hydrogen-bond donors (Lipinski definition) is 0. The van der Waals surface area contributed by atoms with Gasteiger partial charge in [-0.3, -0.25) is 9.59 Å². The van der Waals surface area contributed by atoms with E-state index < -0.39 is 17.4 Å². The fourth-order valence-corrected chi connectivity index (χ4v) is 5.31. The van der Waals surface area contributed by atoms with E-state index in [1.165, 1.54) is 0 Å². The van der Waals surface area contributed by atoms with Crippen molar-refractivity contribution < 1.29 is 19.1 Å². The quantitative estimate of drug-likeness (QED) is 0.259. The summed E-state index contributed by atoms with van der Waals surface area (Å²) in [6.07, 6.45) is 0.873. The van der Waals surface area contributed by atoms with Crippen molar-refractivity contribution in [3.8, 4) is 11.1 Å². The molecule has 35 heavy (non-hydrogen) atoms. The lowest BCUT2D eigenvalue weighted by Gasteiger charge is -2.37. The Labute approximate surface area is 205 Å². The molecule has 0 bridgehead atoms. The first-order chi connectivity index (χ1) is 17.1. The molecule has 4 aromatic rings. The molecule has 0 aliphatic heterocycles. The zero-order valence-corrected chi connectivity index (χ0v) is 20.0. The molecular weight excluding hydrogens is 436 g/mol. The Kier molecular flexibility index (Phi) is 6.12. The molecule has 176 valence electrons. The monoisotopic (exact) mass is 464 g/mol. The fourth-order valence-electron chi connectivity index (χ4n) is 5.31. The summed E-state index contributed by atoms with van der Waals surface area (Å²) < 4.78 is 11.1. The van der Waals surface area contributed by atoms with E-state index >= 15 is 0 Å². The molecule has 0 fully saturated rings. The van der Waals surface area contributed by atoms with Gasteiger partial charge in [0.25, 0.3) is 0 Å². The molecule has 0 saturated heterocycles. The highest BCUT2D eigenvalue weighted by atomic mass is 16.6. The second-order valence-electron chi connectivity index (χ2n) is 8.84. The van der Waals surface area contributed by atoms with Crippen LogP contribution in [-0.2, 0) is 37.3 Å². The molecule has 0 heterocycles. The van der Waals surface area contributed by atoms with Gasteiger partial charge in [0.2, 0.25) is 0 Å². The van der Waals surface area contributed by atoms with Crippen molar-refractivity contribution in [3.63, 3.8) is 0 Å². The predicted octanol–water partition coefficient (Wildman–Crippen LogP) is 6.02. The summed E-state index contributed by atoms with van der Waals surface area (Å²) in [5.74, 6) is -1.12. The van der Waals surface area contributed by atoms with Crippen LogP contribution >= 0.6 is 0 Å². The first-order valence-electron chi connectivity index (χ1n) is 12.1. The van der Waals surface area contributed by atoms with Gasteiger partial charge in [-0.1, -0.05) is 78.9 Å². The lowest BCUT2D eigenvalue weighted by atomic mass is 9.65. The highest BCUT2D eigenvalue weighted by Gasteiger charge is 2.54. The Balaban J connectivity index is 1.90. The van der Waals surface area contributed by atoms with Crippen LogP contribution in [0.1, 0.15) is 36.1 Å². The summed E-state index contributed by atoms with van der Waals surface area (Å²) in [7, 11) is 0. The molecular formula is C31H28O4. The maximum Gasteiger partial charge on any atom is 0.328 e. The Bertz CT molecular complexity index is 1390. The maximum atomic E-state index is 13.7. The standard InChI is InChI=1S/C31H28O4/c1-3-34-29(32)31(30(33)35-4-2)20-23-15-9-11-17-25(23)28-26(18-21-12-6-5-7-13-21)24-16-10-8-14-22(24)19-27(28)31/h5-17,19H,3-4,18,20H2,1-2H3. The molecule has 0 aromatic heterocycles. The topological polar surface area (TPSA) is 52.6 Å². The minimum atomic E-state index is -1.56. The van der Waals surface area contributed by atoms with Crippen LogP contribution in [0.15, 0.2) is 84.9 Å². The van der Waals surface area contributed by atoms with Crippen LogP contribution in [0.2, 0.25) is 0 Å². The predicted molar refractivity (Wildman–Crippen MR) is 137 cm³/mol. The first kappa shape index (κ1) is 22.9. The van der Waals surface area contributed by atoms with Crippen molar-refractivity contribution in [1.82, 2.24) is 0 Å². The van der Waals surface area contributed by atoms with Crippen LogP contribution in [-0.4, -0.2) is 25.2 Å². The average molecular weight is 465 g/mol. The Morgan fingerprint density at radius 1 is 0.800 bits per heavy atom. The smallest absolute Gasteiger partial charge is 0.328 e. The van der Waals surface area contributed by atoms with E-state index in [1.807, 2.05) is 60.7 Å². The molecule has 0 saturated carbocycles. The number of fused-ring (bicyclic) bond motifs is 4. The van der Waals surface area contributed by atoms with E-state index in [1.54, 1.807) is 13.8 Å². The Morgan fingerprint density at radius 3 is 2.14 bits per heavy atom. The largest absolute Gasteiger partial charge is 0.465 e. The van der Waals surface area contributed by atoms with E-state index in [2.05, 4.69) is 24.3 Å². The molecule has 4 aromatic carbocycles. The molecule has 0 radical (unpaired) electrons. The van der Waals surface area contributed by atoms with Crippen molar-refractivity contribution in [3.05, 3.63) is 107 Å². The lowest BCUT2D eigenvalue weighted by Crippen LogP contribution is -2.50. The van der Waals surface area contributed by atoms with Crippen LogP contribution in [0.4, 0.5) is 0 Å². The fraction of sp³-hybridized carbons (Fsp3) is 0.226. The van der Waals surface area contributed by atoms with E-state index in [4.69, 9.17) is 9.47 Å². The Hall–Kier alpha value is -3.92. The minimum absolute atomic E-state index is 0.182. The van der Waals surface area contributed by atoms with E-state index in [9.17, 15) is 9.59 Å². The molecule has 0 atom stereocenters. The number of hydrogen-bond acceptors (Lipinski definition) is 4. The summed E-state index contributed by atoms with van der Waals surface area (Å²) in [4.78, 5) is 27.4. The lowest BCUT2D eigenvalue weighted by molar-refractivity contribution is -0.165. The van der Waals surface area contributed by atoms with Crippen molar-refractivity contribution in [2.75, 3.05) is 13.2 Å². The van der Waals surface area contributed by atoms with Gasteiger partial charge in [-0.25, -0.2) is 0 Å². The molecule has 0 amide bonds. The number of carbonyl (C=O) groups excluding carboxylic acids is 2. The number of rotatable bonds is 6. The van der Waals surface area contributed by atoms with E-state index in [-0.39, 0.29) is 19.6 Å². The highest BCUT2D eigenvalue weighted by Crippen LogP contribution is 2.49. The van der Waals surface area contributed by atoms with Crippen molar-refractivity contribution in [2.45, 2.75) is 32.1 Å². The number of ether oxygens (including phenoxy) is 2. The van der Waals surface area contributed by atoms with E-state index in [0.717, 1.165) is 38.6 Å². The van der Waals surface area contributed by atoms with Gasteiger partial charge >= 0.3 is 11.9 Å². The number of carbonyl (C=O) groups is 2. The van der Waals surface area contributed by atoms with E-state index in [0.29, 0.717) is 12.0 Å². The van der Waals surface area contributed by atoms with Crippen LogP contribution in [0.5, 0.6) is 0 Å². The molecule has 5 rings (SSSR count). The van der Waals surface area contributed by atoms with Gasteiger partial charge in [0.15, 0.2) is 5.41 Å². The van der Waals surface area contributed by atoms with Crippen LogP contribution in [0.25, 0.3) is 21.9 Å². The molecule has 0 unspecified atom stereocenters. The summed E-state index contributed by atoms with van der Waals surface area (Å²) in [5.41, 5.74) is 4.26. The summed E-state index contributed by atoms with van der Waals surface area (Å²) >= 11 is 0. The maximum absolute atomic E-state index is 13.7. The normalized spacial score (nSPS) is 13.5. The van der Waals surface area contributed by atoms with Gasteiger partial charge in [0, 0.05) is 6.42 Å². The van der Waals surface area contributed by atoms with Gasteiger partial charge < -0.3 is 9.47 Å². The van der Waals surface area contributed by atoms with Crippen LogP contribution in [0.3, 0.4) is 0 Å². The van der Waals surface area contributed by atoms with Gasteiger partial charge in [-0.2, -0.15) is 0 Å². The molecule has 1 aliphatic carbocycles. The second-order valence-corrected chi connectivity index (χ2v) is 8.84. The molecule has 4 nitrogen and oxygen atoms in total. The van der Waals surface area contributed by atoms with Crippen molar-refractivity contribution in [2.24, 2.45) is 0 Å². The first-order valence-corrected chi connectivity index (χ1v) is 12.1.